The van der Waals surface area contributed by atoms with Gasteiger partial charge in [0.25, 0.3) is 15.7 Å². The number of rotatable bonds is 12. The molecule has 10 nitrogen and oxygen atoms in total. The fraction of sp³-hybridized carbons (Fsp3) is 0.286. The van der Waals surface area contributed by atoms with Crippen molar-refractivity contribution in [1.82, 2.24) is 10.2 Å². The Balaban J connectivity index is 2.03. The van der Waals surface area contributed by atoms with E-state index in [1.807, 2.05) is 13.8 Å². The second-order valence-electron chi connectivity index (χ2n) is 9.68. The summed E-state index contributed by atoms with van der Waals surface area (Å²) in [6, 6.07) is 16.1. The minimum atomic E-state index is -4.29. The number of nitro groups is 1. The Kier molecular flexibility index (Phi) is 10.7. The highest BCUT2D eigenvalue weighted by Gasteiger charge is 2.32. The number of hydrogen-bond donors (Lipinski definition) is 1. The van der Waals surface area contributed by atoms with Crippen LogP contribution in [0.3, 0.4) is 0 Å². The molecule has 3 aromatic rings. The van der Waals surface area contributed by atoms with Gasteiger partial charge in [0.1, 0.15) is 12.6 Å². The first-order valence-corrected chi connectivity index (χ1v) is 14.8. The standard InChI is InChI=1S/C28H30Cl2N4O6S/c1-19(2)16-31-28(36)20(3)32(17-21-9-14-25(29)26(30)15-21)27(35)18-33(22-10-12-23(13-11-22)34(37)38)41(39,40)24-7-5-4-6-8-24/h4-15,19-20H,16-18H2,1-3H3,(H,31,36). The molecule has 0 spiro atoms. The number of benzene rings is 3. The summed E-state index contributed by atoms with van der Waals surface area (Å²) >= 11 is 12.2. The highest BCUT2D eigenvalue weighted by Crippen LogP contribution is 2.27. The van der Waals surface area contributed by atoms with E-state index in [1.165, 1.54) is 29.2 Å². The van der Waals surface area contributed by atoms with E-state index in [4.69, 9.17) is 23.2 Å². The number of halogens is 2. The third kappa shape index (κ3) is 8.18. The Morgan fingerprint density at radius 1 is 0.951 bits per heavy atom. The monoisotopic (exact) mass is 620 g/mol. The van der Waals surface area contributed by atoms with Crippen molar-refractivity contribution in [1.29, 1.82) is 0 Å². The van der Waals surface area contributed by atoms with Crippen LogP contribution in [-0.4, -0.2) is 49.2 Å². The summed E-state index contributed by atoms with van der Waals surface area (Å²) < 4.78 is 28.4. The third-order valence-corrected chi connectivity index (χ3v) is 8.67. The number of carbonyl (C=O) groups excluding carboxylic acids is 2. The average Bonchev–Trinajstić information content (AvgIpc) is 2.95. The molecule has 41 heavy (non-hydrogen) atoms. The maximum Gasteiger partial charge on any atom is 0.269 e. The Labute approximate surface area is 249 Å². The van der Waals surface area contributed by atoms with Crippen LogP contribution in [0.4, 0.5) is 11.4 Å². The van der Waals surface area contributed by atoms with Gasteiger partial charge in [-0.1, -0.05) is 61.3 Å². The summed E-state index contributed by atoms with van der Waals surface area (Å²) in [5.41, 5.74) is 0.372. The fourth-order valence-electron chi connectivity index (χ4n) is 3.86. The largest absolute Gasteiger partial charge is 0.354 e. The third-order valence-electron chi connectivity index (χ3n) is 6.15. The van der Waals surface area contributed by atoms with Crippen LogP contribution in [0.2, 0.25) is 10.0 Å². The molecule has 0 radical (unpaired) electrons. The summed E-state index contributed by atoms with van der Waals surface area (Å²) in [5, 5.41) is 14.6. The van der Waals surface area contributed by atoms with E-state index >= 15 is 0 Å². The van der Waals surface area contributed by atoms with Crippen LogP contribution in [0.1, 0.15) is 26.3 Å². The molecule has 0 aliphatic carbocycles. The van der Waals surface area contributed by atoms with Crippen LogP contribution in [0.15, 0.2) is 77.7 Å². The highest BCUT2D eigenvalue weighted by atomic mass is 35.5. The van der Waals surface area contributed by atoms with E-state index in [0.29, 0.717) is 17.1 Å². The molecule has 1 N–H and O–H groups in total. The molecule has 0 fully saturated rings. The molecule has 0 aliphatic rings. The van der Waals surface area contributed by atoms with Crippen molar-refractivity contribution >= 4 is 56.4 Å². The first-order chi connectivity index (χ1) is 19.3. The van der Waals surface area contributed by atoms with Gasteiger partial charge in [0.05, 0.1) is 25.6 Å². The minimum Gasteiger partial charge on any atom is -0.354 e. The van der Waals surface area contributed by atoms with Gasteiger partial charge in [-0.05, 0) is 54.8 Å². The summed E-state index contributed by atoms with van der Waals surface area (Å²) in [4.78, 5) is 38.7. The lowest BCUT2D eigenvalue weighted by atomic mass is 10.1. The normalized spacial score (nSPS) is 12.0. The number of anilines is 1. The molecule has 0 saturated carbocycles. The number of non-ortho nitro benzene ring substituents is 1. The number of nitrogens with zero attached hydrogens (tertiary/aromatic N) is 3. The zero-order valence-corrected chi connectivity index (χ0v) is 25.0. The predicted octanol–water partition coefficient (Wildman–Crippen LogP) is 5.29. The van der Waals surface area contributed by atoms with E-state index in [-0.39, 0.29) is 33.8 Å². The smallest absolute Gasteiger partial charge is 0.269 e. The van der Waals surface area contributed by atoms with Crippen LogP contribution in [0.5, 0.6) is 0 Å². The van der Waals surface area contributed by atoms with Gasteiger partial charge in [-0.25, -0.2) is 8.42 Å². The van der Waals surface area contributed by atoms with Crippen molar-refractivity contribution in [3.05, 3.63) is 98.5 Å². The minimum absolute atomic E-state index is 0.0409. The molecule has 2 amide bonds. The molecule has 0 saturated heterocycles. The zero-order chi connectivity index (χ0) is 30.3. The van der Waals surface area contributed by atoms with Crippen LogP contribution >= 0.6 is 23.2 Å². The average molecular weight is 622 g/mol. The van der Waals surface area contributed by atoms with E-state index in [0.717, 1.165) is 16.4 Å². The fourth-order valence-corrected chi connectivity index (χ4v) is 5.61. The van der Waals surface area contributed by atoms with Crippen LogP contribution < -0.4 is 9.62 Å². The van der Waals surface area contributed by atoms with Crippen LogP contribution in [0.25, 0.3) is 0 Å². The molecule has 0 heterocycles. The molecular formula is C28H30Cl2N4O6S. The first-order valence-electron chi connectivity index (χ1n) is 12.6. The van der Waals surface area contributed by atoms with Crippen molar-refractivity contribution in [2.75, 3.05) is 17.4 Å². The Morgan fingerprint density at radius 3 is 2.15 bits per heavy atom. The first kappa shape index (κ1) is 31.9. The number of nitrogens with one attached hydrogen (secondary N) is 1. The number of carbonyl (C=O) groups is 2. The number of nitro benzene ring substituents is 1. The van der Waals surface area contributed by atoms with E-state index < -0.39 is 39.3 Å². The maximum absolute atomic E-state index is 13.9. The SMILES string of the molecule is CC(C)CNC(=O)C(C)N(Cc1ccc(Cl)c(Cl)c1)C(=O)CN(c1ccc([N+](=O)[O-])cc1)S(=O)(=O)c1ccccc1. The summed E-state index contributed by atoms with van der Waals surface area (Å²) in [6.07, 6.45) is 0. The zero-order valence-electron chi connectivity index (χ0n) is 22.7. The van der Waals surface area contributed by atoms with Gasteiger partial charge in [-0.15, -0.1) is 0 Å². The predicted molar refractivity (Wildman–Crippen MR) is 158 cm³/mol. The highest BCUT2D eigenvalue weighted by molar-refractivity contribution is 7.92. The van der Waals surface area contributed by atoms with Crippen LogP contribution in [-0.2, 0) is 26.2 Å². The second kappa shape index (κ2) is 13.8. The topological polar surface area (TPSA) is 130 Å². The van der Waals surface area contributed by atoms with Crippen molar-refractivity contribution in [2.45, 2.75) is 38.3 Å². The van der Waals surface area contributed by atoms with Crippen molar-refractivity contribution < 1.29 is 22.9 Å². The molecule has 0 bridgehead atoms. The maximum atomic E-state index is 13.9. The van der Waals surface area contributed by atoms with Gasteiger partial charge in [0.2, 0.25) is 11.8 Å². The van der Waals surface area contributed by atoms with E-state index in [9.17, 15) is 28.1 Å². The van der Waals surface area contributed by atoms with Crippen LogP contribution in [0, 0.1) is 16.0 Å². The number of hydrogen-bond acceptors (Lipinski definition) is 6. The number of amides is 2. The molecule has 218 valence electrons. The van der Waals surface area contributed by atoms with Crippen molar-refractivity contribution in [3.8, 4) is 0 Å². The van der Waals surface area contributed by atoms with Gasteiger partial charge in [0.15, 0.2) is 0 Å². The molecule has 1 unspecified atom stereocenters. The van der Waals surface area contributed by atoms with Crippen molar-refractivity contribution in [3.63, 3.8) is 0 Å². The second-order valence-corrected chi connectivity index (χ2v) is 12.4. The van der Waals surface area contributed by atoms with Crippen molar-refractivity contribution in [2.24, 2.45) is 5.92 Å². The Morgan fingerprint density at radius 2 is 1.59 bits per heavy atom. The quantitative estimate of drug-likeness (QED) is 0.216. The molecule has 3 aromatic carbocycles. The van der Waals surface area contributed by atoms with Gasteiger partial charge >= 0.3 is 0 Å². The summed E-state index contributed by atoms with van der Waals surface area (Å²) in [5.74, 6) is -0.931. The van der Waals surface area contributed by atoms with E-state index in [1.54, 1.807) is 43.3 Å². The summed E-state index contributed by atoms with van der Waals surface area (Å²) in [7, 11) is -4.29. The molecular weight excluding hydrogens is 591 g/mol. The molecule has 3 rings (SSSR count). The van der Waals surface area contributed by atoms with Gasteiger partial charge in [-0.2, -0.15) is 0 Å². The Hall–Kier alpha value is -3.67. The lowest BCUT2D eigenvalue weighted by Crippen LogP contribution is -2.51. The van der Waals surface area contributed by atoms with Gasteiger partial charge in [-0.3, -0.25) is 24.0 Å². The molecule has 0 aliphatic heterocycles. The number of sulfonamides is 1. The molecule has 13 heteroatoms. The lowest BCUT2D eigenvalue weighted by molar-refractivity contribution is -0.384. The van der Waals surface area contributed by atoms with Gasteiger partial charge in [0, 0.05) is 25.2 Å². The molecule has 1 atom stereocenters. The van der Waals surface area contributed by atoms with Gasteiger partial charge < -0.3 is 10.2 Å². The summed E-state index contributed by atoms with van der Waals surface area (Å²) in [6.45, 7) is 5.05. The lowest BCUT2D eigenvalue weighted by Gasteiger charge is -2.32. The Bertz CT molecular complexity index is 1500. The molecule has 0 aromatic heterocycles. The van der Waals surface area contributed by atoms with E-state index in [2.05, 4.69) is 5.32 Å².